The van der Waals surface area contributed by atoms with Crippen molar-refractivity contribution in [3.8, 4) is 0 Å². The topological polar surface area (TPSA) is 60.2 Å². The molecule has 0 aliphatic heterocycles. The first kappa shape index (κ1) is 12.6. The van der Waals surface area contributed by atoms with Crippen LogP contribution in [-0.2, 0) is 15.6 Å². The van der Waals surface area contributed by atoms with Crippen LogP contribution in [0.15, 0.2) is 30.3 Å². The van der Waals surface area contributed by atoms with Crippen LogP contribution in [0.3, 0.4) is 0 Å². The number of sulfone groups is 1. The normalized spacial score (nSPS) is 17.9. The van der Waals surface area contributed by atoms with Gasteiger partial charge in [0, 0.05) is 0 Å². The van der Waals surface area contributed by atoms with Gasteiger partial charge in [-0.3, -0.25) is 0 Å². The Morgan fingerprint density at radius 1 is 1.18 bits per heavy atom. The largest absolute Gasteiger partial charge is 0.330 e. The molecule has 0 heterocycles. The molecule has 0 atom stereocenters. The average molecular weight is 253 g/mol. The lowest BCUT2D eigenvalue weighted by atomic mass is 10.1. The van der Waals surface area contributed by atoms with E-state index in [0.717, 1.165) is 24.8 Å². The van der Waals surface area contributed by atoms with Crippen LogP contribution in [0, 0.1) is 5.41 Å². The molecule has 0 saturated heterocycles. The highest BCUT2D eigenvalue weighted by atomic mass is 32.2. The highest BCUT2D eigenvalue weighted by Crippen LogP contribution is 2.49. The number of benzene rings is 1. The molecule has 2 rings (SSSR count). The van der Waals surface area contributed by atoms with Gasteiger partial charge < -0.3 is 5.73 Å². The Bertz CT molecular complexity index is 463. The minimum absolute atomic E-state index is 0.00234. The minimum atomic E-state index is -3.01. The highest BCUT2D eigenvalue weighted by molar-refractivity contribution is 7.90. The van der Waals surface area contributed by atoms with Gasteiger partial charge >= 0.3 is 0 Å². The highest BCUT2D eigenvalue weighted by Gasteiger charge is 2.44. The molecule has 1 aromatic carbocycles. The molecule has 0 amide bonds. The zero-order chi connectivity index (χ0) is 12.4. The predicted octanol–water partition coefficient (Wildman–Crippen LogP) is 1.73. The summed E-state index contributed by atoms with van der Waals surface area (Å²) in [5.74, 6) is 0.451. The summed E-state index contributed by atoms with van der Waals surface area (Å²) in [4.78, 5) is 0. The fraction of sp³-hybridized carbons (Fsp3) is 0.538. The molecule has 0 bridgehead atoms. The Kier molecular flexibility index (Phi) is 3.54. The second-order valence-corrected chi connectivity index (χ2v) is 7.12. The summed E-state index contributed by atoms with van der Waals surface area (Å²) in [6.07, 6.45) is 2.86. The Morgan fingerprint density at radius 3 is 2.35 bits per heavy atom. The van der Waals surface area contributed by atoms with E-state index in [9.17, 15) is 8.42 Å². The quantitative estimate of drug-likeness (QED) is 0.840. The molecule has 2 N–H and O–H groups in total. The van der Waals surface area contributed by atoms with Crippen LogP contribution in [0.4, 0.5) is 0 Å². The third-order valence-electron chi connectivity index (χ3n) is 3.39. The Hall–Kier alpha value is -0.870. The van der Waals surface area contributed by atoms with Crippen LogP contribution in [-0.4, -0.2) is 20.7 Å². The van der Waals surface area contributed by atoms with Crippen molar-refractivity contribution in [2.24, 2.45) is 11.1 Å². The molecule has 94 valence electrons. The van der Waals surface area contributed by atoms with Crippen LogP contribution in [0.5, 0.6) is 0 Å². The molecular weight excluding hydrogens is 234 g/mol. The SMILES string of the molecule is NCCC1(CS(=O)(=O)Cc2ccccc2)CC1. The van der Waals surface area contributed by atoms with Crippen LogP contribution in [0.1, 0.15) is 24.8 Å². The smallest absolute Gasteiger partial charge is 0.154 e. The van der Waals surface area contributed by atoms with Gasteiger partial charge in [0.1, 0.15) is 0 Å². The predicted molar refractivity (Wildman–Crippen MR) is 69.3 cm³/mol. The number of nitrogens with two attached hydrogens (primary N) is 1. The van der Waals surface area contributed by atoms with Crippen molar-refractivity contribution in [1.29, 1.82) is 0 Å². The van der Waals surface area contributed by atoms with E-state index in [-0.39, 0.29) is 11.2 Å². The molecule has 3 nitrogen and oxygen atoms in total. The molecule has 0 unspecified atom stereocenters. The minimum Gasteiger partial charge on any atom is -0.330 e. The van der Waals surface area contributed by atoms with E-state index < -0.39 is 9.84 Å². The zero-order valence-corrected chi connectivity index (χ0v) is 10.7. The standard InChI is InChI=1S/C13H19NO2S/c14-9-8-13(6-7-13)11-17(15,16)10-12-4-2-1-3-5-12/h1-5H,6-11,14H2. The lowest BCUT2D eigenvalue weighted by molar-refractivity contribution is 0.510. The summed E-state index contributed by atoms with van der Waals surface area (Å²) in [5, 5.41) is 0. The molecule has 1 aliphatic rings. The van der Waals surface area contributed by atoms with Crippen LogP contribution < -0.4 is 5.73 Å². The first-order chi connectivity index (χ1) is 8.05. The maximum atomic E-state index is 12.1. The summed E-state index contributed by atoms with van der Waals surface area (Å²) < 4.78 is 24.2. The monoisotopic (exact) mass is 253 g/mol. The van der Waals surface area contributed by atoms with Crippen molar-refractivity contribution in [2.75, 3.05) is 12.3 Å². The number of hydrogen-bond acceptors (Lipinski definition) is 3. The van der Waals surface area contributed by atoms with Gasteiger partial charge in [0.25, 0.3) is 0 Å². The lowest BCUT2D eigenvalue weighted by Gasteiger charge is -2.14. The zero-order valence-electron chi connectivity index (χ0n) is 9.93. The second kappa shape index (κ2) is 4.78. The fourth-order valence-corrected chi connectivity index (χ4v) is 4.46. The van der Waals surface area contributed by atoms with Gasteiger partial charge in [0.2, 0.25) is 0 Å². The Labute approximate surface area is 103 Å². The second-order valence-electron chi connectivity index (χ2n) is 5.06. The molecule has 1 aliphatic carbocycles. The van der Waals surface area contributed by atoms with E-state index in [0.29, 0.717) is 12.3 Å². The molecule has 0 spiro atoms. The van der Waals surface area contributed by atoms with Gasteiger partial charge in [-0.1, -0.05) is 30.3 Å². The van der Waals surface area contributed by atoms with Crippen LogP contribution in [0.2, 0.25) is 0 Å². The van der Waals surface area contributed by atoms with Gasteiger partial charge in [-0.15, -0.1) is 0 Å². The molecule has 4 heteroatoms. The molecule has 1 fully saturated rings. The van der Waals surface area contributed by atoms with Crippen molar-refractivity contribution in [3.05, 3.63) is 35.9 Å². The first-order valence-corrected chi connectivity index (χ1v) is 7.82. The van der Waals surface area contributed by atoms with E-state index in [1.165, 1.54) is 0 Å². The van der Waals surface area contributed by atoms with Crippen LogP contribution >= 0.6 is 0 Å². The van der Waals surface area contributed by atoms with Crippen molar-refractivity contribution in [1.82, 2.24) is 0 Å². The molecule has 17 heavy (non-hydrogen) atoms. The molecular formula is C13H19NO2S. The van der Waals surface area contributed by atoms with Gasteiger partial charge in [-0.05, 0) is 36.8 Å². The van der Waals surface area contributed by atoms with Crippen molar-refractivity contribution >= 4 is 9.84 Å². The first-order valence-electron chi connectivity index (χ1n) is 6.00. The third kappa shape index (κ3) is 3.54. The maximum absolute atomic E-state index is 12.1. The van der Waals surface area contributed by atoms with Crippen molar-refractivity contribution < 1.29 is 8.42 Å². The molecule has 1 saturated carbocycles. The molecule has 0 radical (unpaired) electrons. The van der Waals surface area contributed by atoms with E-state index in [1.807, 2.05) is 30.3 Å². The molecule has 0 aromatic heterocycles. The maximum Gasteiger partial charge on any atom is 0.154 e. The van der Waals surface area contributed by atoms with Crippen LogP contribution in [0.25, 0.3) is 0 Å². The van der Waals surface area contributed by atoms with E-state index in [2.05, 4.69) is 0 Å². The Morgan fingerprint density at radius 2 is 1.82 bits per heavy atom. The van der Waals surface area contributed by atoms with E-state index in [1.54, 1.807) is 0 Å². The average Bonchev–Trinajstić information content (AvgIpc) is 2.98. The lowest BCUT2D eigenvalue weighted by Crippen LogP contribution is -2.21. The Balaban J connectivity index is 2.00. The van der Waals surface area contributed by atoms with Gasteiger partial charge in [0.05, 0.1) is 11.5 Å². The summed E-state index contributed by atoms with van der Waals surface area (Å²) in [7, 11) is -3.01. The van der Waals surface area contributed by atoms with Gasteiger partial charge in [-0.2, -0.15) is 0 Å². The summed E-state index contributed by atoms with van der Waals surface area (Å²) >= 11 is 0. The summed E-state index contributed by atoms with van der Waals surface area (Å²) in [6, 6.07) is 9.36. The van der Waals surface area contributed by atoms with Crippen molar-refractivity contribution in [2.45, 2.75) is 25.0 Å². The van der Waals surface area contributed by atoms with E-state index >= 15 is 0 Å². The van der Waals surface area contributed by atoms with Gasteiger partial charge in [0.15, 0.2) is 9.84 Å². The fourth-order valence-electron chi connectivity index (χ4n) is 2.30. The third-order valence-corrected chi connectivity index (χ3v) is 5.21. The number of hydrogen-bond donors (Lipinski definition) is 1. The molecule has 1 aromatic rings. The summed E-state index contributed by atoms with van der Waals surface area (Å²) in [6.45, 7) is 0.584. The van der Waals surface area contributed by atoms with Crippen molar-refractivity contribution in [3.63, 3.8) is 0 Å². The summed E-state index contributed by atoms with van der Waals surface area (Å²) in [5.41, 5.74) is 6.40. The van der Waals surface area contributed by atoms with Gasteiger partial charge in [-0.25, -0.2) is 8.42 Å². The number of rotatable bonds is 6. The van der Waals surface area contributed by atoms with E-state index in [4.69, 9.17) is 5.73 Å².